The number of nitrogens with two attached hydrogens (primary N) is 2. The van der Waals surface area contributed by atoms with Crippen LogP contribution in [0.2, 0.25) is 0 Å². The molecular weight excluding hydrogens is 349 g/mol. The molecule has 0 aromatic carbocycles. The quantitative estimate of drug-likeness (QED) is 0.592. The highest BCUT2D eigenvalue weighted by Gasteiger charge is 2.32. The van der Waals surface area contributed by atoms with E-state index in [4.69, 9.17) is 16.2 Å². The van der Waals surface area contributed by atoms with E-state index in [1.54, 1.807) is 10.7 Å². The van der Waals surface area contributed by atoms with Gasteiger partial charge in [0, 0.05) is 12.7 Å². The summed E-state index contributed by atoms with van der Waals surface area (Å²) in [7, 11) is 0. The molecule has 0 saturated carbocycles. The minimum absolute atomic E-state index is 0.106. The molecule has 3 heterocycles. The highest BCUT2D eigenvalue weighted by atomic mass is 19.1. The predicted octanol–water partition coefficient (Wildman–Crippen LogP) is 2.26. The number of allylic oxidation sites excluding steroid dienone is 1. The summed E-state index contributed by atoms with van der Waals surface area (Å²) in [4.78, 5) is 11.0. The zero-order valence-electron chi connectivity index (χ0n) is 15.7. The second-order valence-electron chi connectivity index (χ2n) is 6.69. The molecular formula is C18H26FN7O. The summed E-state index contributed by atoms with van der Waals surface area (Å²) in [5.41, 5.74) is 12.7. The van der Waals surface area contributed by atoms with Crippen molar-refractivity contribution in [2.24, 2.45) is 10.7 Å². The number of fused-ring (bicyclic) bond motifs is 1. The second-order valence-corrected chi connectivity index (χ2v) is 6.69. The molecule has 1 aliphatic heterocycles. The Labute approximate surface area is 157 Å². The Balaban J connectivity index is 1.91. The third-order valence-corrected chi connectivity index (χ3v) is 4.48. The Morgan fingerprint density at radius 1 is 1.56 bits per heavy atom. The van der Waals surface area contributed by atoms with Gasteiger partial charge in [0.2, 0.25) is 5.90 Å². The summed E-state index contributed by atoms with van der Waals surface area (Å²) >= 11 is 0. The van der Waals surface area contributed by atoms with Crippen molar-refractivity contribution in [1.82, 2.24) is 14.6 Å². The molecule has 0 bridgehead atoms. The van der Waals surface area contributed by atoms with E-state index in [-0.39, 0.29) is 18.0 Å². The predicted molar refractivity (Wildman–Crippen MR) is 104 cm³/mol. The van der Waals surface area contributed by atoms with Crippen molar-refractivity contribution in [3.63, 3.8) is 0 Å². The molecule has 1 saturated heterocycles. The lowest BCUT2D eigenvalue weighted by molar-refractivity contribution is 0.191. The summed E-state index contributed by atoms with van der Waals surface area (Å²) < 4.78 is 20.9. The number of hydrogen-bond donors (Lipinski definition) is 2. The first-order chi connectivity index (χ1) is 13.0. The van der Waals surface area contributed by atoms with E-state index < -0.39 is 0 Å². The van der Waals surface area contributed by atoms with Crippen molar-refractivity contribution in [2.45, 2.75) is 45.3 Å². The number of aliphatic imine (C=N–C) groups is 1. The van der Waals surface area contributed by atoms with E-state index in [0.717, 1.165) is 25.2 Å². The molecule has 2 aromatic heterocycles. The van der Waals surface area contributed by atoms with Gasteiger partial charge in [0.05, 0.1) is 24.2 Å². The minimum Gasteiger partial charge on any atom is -0.476 e. The number of ether oxygens (including phenoxy) is 1. The topological polar surface area (TPSA) is 107 Å². The van der Waals surface area contributed by atoms with Crippen LogP contribution in [0.4, 0.5) is 15.9 Å². The van der Waals surface area contributed by atoms with Gasteiger partial charge >= 0.3 is 0 Å². The Morgan fingerprint density at radius 2 is 2.37 bits per heavy atom. The molecule has 3 rings (SSSR count). The Kier molecular flexibility index (Phi) is 5.90. The first-order valence-electron chi connectivity index (χ1n) is 9.12. The Bertz CT molecular complexity index is 843. The summed E-state index contributed by atoms with van der Waals surface area (Å²) in [6.07, 6.45) is 6.97. The number of hydrogen-bond acceptors (Lipinski definition) is 7. The van der Waals surface area contributed by atoms with Gasteiger partial charge in [-0.25, -0.2) is 18.9 Å². The average Bonchev–Trinajstić information content (AvgIpc) is 3.26. The normalized spacial score (nSPS) is 19.7. The summed E-state index contributed by atoms with van der Waals surface area (Å²) in [5.74, 6) is 0.869. The molecule has 0 aliphatic carbocycles. The number of nitrogens with zero attached hydrogens (tertiary/aromatic N) is 5. The van der Waals surface area contributed by atoms with Crippen LogP contribution in [0.5, 0.6) is 0 Å². The molecule has 8 nitrogen and oxygen atoms in total. The molecule has 27 heavy (non-hydrogen) atoms. The van der Waals surface area contributed by atoms with E-state index >= 15 is 0 Å². The molecule has 2 atom stereocenters. The van der Waals surface area contributed by atoms with Crippen LogP contribution in [0.1, 0.15) is 33.1 Å². The molecule has 1 unspecified atom stereocenters. The molecule has 0 spiro atoms. The molecule has 1 fully saturated rings. The van der Waals surface area contributed by atoms with E-state index in [1.807, 2.05) is 19.2 Å². The van der Waals surface area contributed by atoms with Crippen LogP contribution in [0, 0.1) is 0 Å². The van der Waals surface area contributed by atoms with E-state index in [1.165, 1.54) is 13.1 Å². The zero-order chi connectivity index (χ0) is 19.4. The lowest BCUT2D eigenvalue weighted by Gasteiger charge is -2.28. The summed E-state index contributed by atoms with van der Waals surface area (Å²) in [5, 5.41) is 4.15. The largest absolute Gasteiger partial charge is 0.476 e. The molecule has 146 valence electrons. The van der Waals surface area contributed by atoms with Crippen molar-refractivity contribution in [3.05, 3.63) is 30.5 Å². The average molecular weight is 375 g/mol. The number of halogens is 1. The van der Waals surface area contributed by atoms with Crippen molar-refractivity contribution in [1.29, 1.82) is 0 Å². The third-order valence-electron chi connectivity index (χ3n) is 4.48. The maximum absolute atomic E-state index is 13.3. The fourth-order valence-corrected chi connectivity index (χ4v) is 3.18. The van der Waals surface area contributed by atoms with Crippen LogP contribution < -0.4 is 16.4 Å². The van der Waals surface area contributed by atoms with Gasteiger partial charge in [-0.2, -0.15) is 5.10 Å². The SMILES string of the molecule is C/C(F)=C\N=C(\O[C@@H](C)CCN)C1CCCN1c1ccn2ncc(N)c2n1. The first-order valence-corrected chi connectivity index (χ1v) is 9.12. The third kappa shape index (κ3) is 4.36. The van der Waals surface area contributed by atoms with Crippen LogP contribution in [0.25, 0.3) is 5.65 Å². The molecule has 0 radical (unpaired) electrons. The fraction of sp³-hybridized carbons (Fsp3) is 0.500. The lowest BCUT2D eigenvalue weighted by Crippen LogP contribution is -2.39. The van der Waals surface area contributed by atoms with Gasteiger partial charge in [-0.1, -0.05) is 0 Å². The maximum Gasteiger partial charge on any atom is 0.211 e. The standard InChI is InChI=1S/C18H26FN7O/c1-12(19)10-22-18(27-13(2)5-7-20)15-4-3-8-25(15)16-6-9-26-17(24-16)14(21)11-23-26/h6,9-11,13,15H,3-5,7-8,20-21H2,1-2H3/b12-10+,22-18+/t13-,15?/m0/s1. The molecule has 9 heteroatoms. The zero-order valence-corrected chi connectivity index (χ0v) is 15.7. The van der Waals surface area contributed by atoms with Gasteiger partial charge in [-0.05, 0) is 45.7 Å². The first kappa shape index (κ1) is 19.1. The van der Waals surface area contributed by atoms with Crippen molar-refractivity contribution in [2.75, 3.05) is 23.7 Å². The van der Waals surface area contributed by atoms with Gasteiger partial charge < -0.3 is 21.1 Å². The molecule has 0 amide bonds. The second kappa shape index (κ2) is 8.34. The van der Waals surface area contributed by atoms with Crippen LogP contribution in [-0.4, -0.2) is 45.7 Å². The van der Waals surface area contributed by atoms with E-state index in [2.05, 4.69) is 20.0 Å². The van der Waals surface area contributed by atoms with Gasteiger partial charge in [-0.15, -0.1) is 0 Å². The minimum atomic E-state index is -0.376. The monoisotopic (exact) mass is 375 g/mol. The van der Waals surface area contributed by atoms with Crippen molar-refractivity contribution < 1.29 is 9.13 Å². The van der Waals surface area contributed by atoms with Crippen molar-refractivity contribution in [3.8, 4) is 0 Å². The van der Waals surface area contributed by atoms with Crippen LogP contribution in [0.15, 0.2) is 35.5 Å². The van der Waals surface area contributed by atoms with E-state index in [0.29, 0.717) is 30.2 Å². The fourth-order valence-electron chi connectivity index (χ4n) is 3.18. The van der Waals surface area contributed by atoms with Crippen LogP contribution in [0.3, 0.4) is 0 Å². The van der Waals surface area contributed by atoms with Gasteiger partial charge in [0.25, 0.3) is 0 Å². The number of rotatable bonds is 6. The molecule has 2 aromatic rings. The lowest BCUT2D eigenvalue weighted by atomic mass is 10.2. The highest BCUT2D eigenvalue weighted by Crippen LogP contribution is 2.27. The molecule has 1 aliphatic rings. The summed E-state index contributed by atoms with van der Waals surface area (Å²) in [6, 6.07) is 1.76. The number of nitrogen functional groups attached to an aromatic ring is 1. The van der Waals surface area contributed by atoms with Crippen molar-refractivity contribution >= 4 is 23.1 Å². The summed E-state index contributed by atoms with van der Waals surface area (Å²) in [6.45, 7) is 4.60. The number of anilines is 2. The van der Waals surface area contributed by atoms with Gasteiger partial charge in [-0.3, -0.25) is 0 Å². The molecule has 4 N–H and O–H groups in total. The maximum atomic E-state index is 13.3. The highest BCUT2D eigenvalue weighted by molar-refractivity contribution is 5.86. The Morgan fingerprint density at radius 3 is 3.11 bits per heavy atom. The Hall–Kier alpha value is -2.68. The smallest absolute Gasteiger partial charge is 0.211 e. The van der Waals surface area contributed by atoms with Gasteiger partial charge in [0.1, 0.15) is 17.7 Å². The van der Waals surface area contributed by atoms with E-state index in [9.17, 15) is 4.39 Å². The number of aromatic nitrogens is 3. The van der Waals surface area contributed by atoms with Gasteiger partial charge in [0.15, 0.2) is 5.65 Å². The van der Waals surface area contributed by atoms with Crippen LogP contribution >= 0.6 is 0 Å². The van der Waals surface area contributed by atoms with Crippen LogP contribution in [-0.2, 0) is 4.74 Å².